The lowest BCUT2D eigenvalue weighted by molar-refractivity contribution is 0.0642. The van der Waals surface area contributed by atoms with Gasteiger partial charge in [0.25, 0.3) is 5.91 Å². The van der Waals surface area contributed by atoms with Gasteiger partial charge in [0.2, 0.25) is 0 Å². The Morgan fingerprint density at radius 1 is 1.30 bits per heavy atom. The Bertz CT molecular complexity index is 872. The van der Waals surface area contributed by atoms with E-state index in [1.165, 1.54) is 12.1 Å². The zero-order chi connectivity index (χ0) is 21.3. The number of aryl methyl sites for hydroxylation is 1. The van der Waals surface area contributed by atoms with Crippen LogP contribution in [0.2, 0.25) is 0 Å². The van der Waals surface area contributed by atoms with Crippen LogP contribution in [0.5, 0.6) is 0 Å². The van der Waals surface area contributed by atoms with Crippen LogP contribution in [-0.2, 0) is 6.54 Å². The molecule has 1 amide bonds. The molecule has 0 N–H and O–H groups in total. The summed E-state index contributed by atoms with van der Waals surface area (Å²) in [6.45, 7) is 10.8. The third-order valence-corrected chi connectivity index (χ3v) is 6.83. The van der Waals surface area contributed by atoms with Crippen LogP contribution in [0, 0.1) is 11.2 Å². The molecule has 1 atom stereocenters. The summed E-state index contributed by atoms with van der Waals surface area (Å²) >= 11 is 0. The topological polar surface area (TPSA) is 67.2 Å². The molecule has 2 aliphatic heterocycles. The molecule has 2 aromatic rings. The quantitative estimate of drug-likeness (QED) is 0.753. The smallest absolute Gasteiger partial charge is 0.272 e. The first-order valence-corrected chi connectivity index (χ1v) is 11.0. The fraction of sp³-hybridized carbons (Fsp3) is 0.636. The predicted molar refractivity (Wildman–Crippen MR) is 112 cm³/mol. The van der Waals surface area contributed by atoms with Crippen molar-refractivity contribution in [1.82, 2.24) is 29.5 Å². The number of likely N-dealkylation sites (tertiary alicyclic amines) is 2. The Hall–Kier alpha value is -2.35. The lowest BCUT2D eigenvalue weighted by atomic mass is 9.70. The summed E-state index contributed by atoms with van der Waals surface area (Å²) < 4.78 is 15.4. The van der Waals surface area contributed by atoms with Crippen LogP contribution in [0.15, 0.2) is 24.7 Å². The highest BCUT2D eigenvalue weighted by Crippen LogP contribution is 2.49. The molecule has 2 saturated heterocycles. The highest BCUT2D eigenvalue weighted by atomic mass is 19.1. The molecule has 0 radical (unpaired) electrons. The van der Waals surface area contributed by atoms with Crippen molar-refractivity contribution in [3.63, 3.8) is 0 Å². The van der Waals surface area contributed by atoms with Crippen LogP contribution in [0.25, 0.3) is 0 Å². The van der Waals surface area contributed by atoms with E-state index in [1.54, 1.807) is 0 Å². The molecule has 7 nitrogen and oxygen atoms in total. The first-order valence-electron chi connectivity index (χ1n) is 11.0. The van der Waals surface area contributed by atoms with Gasteiger partial charge in [0, 0.05) is 37.0 Å². The van der Waals surface area contributed by atoms with Crippen molar-refractivity contribution in [3.05, 3.63) is 42.0 Å². The molecule has 0 bridgehead atoms. The molecule has 2 fully saturated rings. The number of amides is 1. The van der Waals surface area contributed by atoms with Crippen LogP contribution in [0.1, 0.15) is 62.3 Å². The van der Waals surface area contributed by atoms with Gasteiger partial charge in [-0.3, -0.25) is 4.79 Å². The van der Waals surface area contributed by atoms with E-state index in [9.17, 15) is 9.18 Å². The maximum Gasteiger partial charge on any atom is 0.272 e. The summed E-state index contributed by atoms with van der Waals surface area (Å²) in [5, 5.41) is 8.68. The molecule has 4 rings (SSSR count). The maximum atomic E-state index is 13.3. The highest BCUT2D eigenvalue weighted by molar-refractivity contribution is 5.92. The second-order valence-corrected chi connectivity index (χ2v) is 8.97. The van der Waals surface area contributed by atoms with Crippen molar-refractivity contribution in [2.24, 2.45) is 5.41 Å². The number of halogens is 1. The Kier molecular flexibility index (Phi) is 5.86. The summed E-state index contributed by atoms with van der Waals surface area (Å²) in [6.07, 6.45) is 5.97. The van der Waals surface area contributed by atoms with E-state index >= 15 is 0 Å². The molecule has 4 heterocycles. The Morgan fingerprint density at radius 2 is 2.07 bits per heavy atom. The zero-order valence-electron chi connectivity index (χ0n) is 18.1. The minimum absolute atomic E-state index is 0.0143. The summed E-state index contributed by atoms with van der Waals surface area (Å²) in [4.78, 5) is 21.6. The van der Waals surface area contributed by atoms with Crippen molar-refractivity contribution >= 4 is 5.91 Å². The van der Waals surface area contributed by atoms with Crippen LogP contribution >= 0.6 is 0 Å². The van der Waals surface area contributed by atoms with Gasteiger partial charge >= 0.3 is 0 Å². The fourth-order valence-corrected chi connectivity index (χ4v) is 5.08. The molecular formula is C22H31FN6O. The second kappa shape index (κ2) is 8.41. The summed E-state index contributed by atoms with van der Waals surface area (Å²) in [6, 6.07) is 3.29. The molecule has 1 spiro atoms. The SMILES string of the molecule is CCCn1cnnc1C1CN(C(=O)c2ccc(F)cn2)CC12CCN(C(C)C)CC2. The molecule has 0 saturated carbocycles. The molecule has 0 aliphatic carbocycles. The Balaban J connectivity index is 1.63. The number of hydrogen-bond donors (Lipinski definition) is 0. The normalized spacial score (nSPS) is 21.6. The number of pyridine rings is 1. The fourth-order valence-electron chi connectivity index (χ4n) is 5.08. The van der Waals surface area contributed by atoms with Gasteiger partial charge in [0.15, 0.2) is 0 Å². The maximum absolute atomic E-state index is 13.3. The lowest BCUT2D eigenvalue weighted by Crippen LogP contribution is -2.46. The largest absolute Gasteiger partial charge is 0.336 e. The molecule has 2 aliphatic rings. The van der Waals surface area contributed by atoms with Gasteiger partial charge in [-0.15, -0.1) is 10.2 Å². The number of carbonyl (C=O) groups excluding carboxylic acids is 1. The Labute approximate surface area is 177 Å². The van der Waals surface area contributed by atoms with Gasteiger partial charge in [-0.1, -0.05) is 6.92 Å². The van der Waals surface area contributed by atoms with Gasteiger partial charge in [-0.25, -0.2) is 9.37 Å². The van der Waals surface area contributed by atoms with Crippen molar-refractivity contribution in [2.45, 2.75) is 58.5 Å². The number of rotatable bonds is 5. The summed E-state index contributed by atoms with van der Waals surface area (Å²) in [7, 11) is 0. The standard InChI is InChI=1S/C22H31FN6O/c1-4-9-28-15-25-26-20(28)18-13-29(21(30)19-6-5-17(23)12-24-19)14-22(18)7-10-27(11-8-22)16(2)3/h5-6,12,15-16,18H,4,7-11,13-14H2,1-3H3. The van der Waals surface area contributed by atoms with Crippen LogP contribution in [0.4, 0.5) is 4.39 Å². The van der Waals surface area contributed by atoms with Crippen LogP contribution in [-0.4, -0.2) is 67.7 Å². The number of nitrogens with zero attached hydrogens (tertiary/aromatic N) is 6. The Morgan fingerprint density at radius 3 is 2.70 bits per heavy atom. The number of aromatic nitrogens is 4. The third kappa shape index (κ3) is 3.85. The number of hydrogen-bond acceptors (Lipinski definition) is 5. The van der Waals surface area contributed by atoms with E-state index in [0.717, 1.165) is 50.9 Å². The molecule has 0 aromatic carbocycles. The van der Waals surface area contributed by atoms with E-state index in [0.29, 0.717) is 24.8 Å². The van der Waals surface area contributed by atoms with E-state index < -0.39 is 5.82 Å². The number of carbonyl (C=O) groups is 1. The second-order valence-electron chi connectivity index (χ2n) is 8.97. The minimum Gasteiger partial charge on any atom is -0.336 e. The van der Waals surface area contributed by atoms with E-state index in [4.69, 9.17) is 0 Å². The van der Waals surface area contributed by atoms with Crippen LogP contribution < -0.4 is 0 Å². The summed E-state index contributed by atoms with van der Waals surface area (Å²) in [5.74, 6) is 0.559. The van der Waals surface area contributed by atoms with E-state index in [1.807, 2.05) is 11.2 Å². The molecule has 2 aromatic heterocycles. The van der Waals surface area contributed by atoms with Gasteiger partial charge in [0.1, 0.15) is 23.7 Å². The number of piperidine rings is 1. The van der Waals surface area contributed by atoms with Gasteiger partial charge in [-0.2, -0.15) is 0 Å². The molecular weight excluding hydrogens is 383 g/mol. The van der Waals surface area contributed by atoms with Crippen molar-refractivity contribution in [2.75, 3.05) is 26.2 Å². The highest BCUT2D eigenvalue weighted by Gasteiger charge is 2.51. The first kappa shape index (κ1) is 20.9. The zero-order valence-corrected chi connectivity index (χ0v) is 18.1. The van der Waals surface area contributed by atoms with Gasteiger partial charge in [-0.05, 0) is 58.3 Å². The van der Waals surface area contributed by atoms with Gasteiger partial charge < -0.3 is 14.4 Å². The molecule has 8 heteroatoms. The van der Waals surface area contributed by atoms with Gasteiger partial charge in [0.05, 0.1) is 6.20 Å². The monoisotopic (exact) mass is 414 g/mol. The average Bonchev–Trinajstić information content (AvgIpc) is 3.33. The first-order chi connectivity index (χ1) is 14.4. The van der Waals surface area contributed by atoms with Crippen molar-refractivity contribution < 1.29 is 9.18 Å². The van der Waals surface area contributed by atoms with Crippen molar-refractivity contribution in [1.29, 1.82) is 0 Å². The molecule has 162 valence electrons. The van der Waals surface area contributed by atoms with E-state index in [-0.39, 0.29) is 17.2 Å². The van der Waals surface area contributed by atoms with E-state index in [2.05, 4.69) is 45.4 Å². The summed E-state index contributed by atoms with van der Waals surface area (Å²) in [5.41, 5.74) is 0.279. The van der Waals surface area contributed by atoms with Crippen LogP contribution in [0.3, 0.4) is 0 Å². The van der Waals surface area contributed by atoms with Crippen molar-refractivity contribution in [3.8, 4) is 0 Å². The molecule has 30 heavy (non-hydrogen) atoms. The molecule has 1 unspecified atom stereocenters. The average molecular weight is 415 g/mol. The lowest BCUT2D eigenvalue weighted by Gasteiger charge is -2.43. The third-order valence-electron chi connectivity index (χ3n) is 6.83. The minimum atomic E-state index is -0.434. The predicted octanol–water partition coefficient (Wildman–Crippen LogP) is 2.95.